The average Bonchev–Trinajstić information content (AvgIpc) is 3.02. The summed E-state index contributed by atoms with van der Waals surface area (Å²) in [4.78, 5) is 27.5. The van der Waals surface area contributed by atoms with Crippen molar-refractivity contribution in [2.45, 2.75) is 19.8 Å². The van der Waals surface area contributed by atoms with Crippen LogP contribution in [0.4, 0.5) is 16.2 Å². The van der Waals surface area contributed by atoms with Crippen LogP contribution in [0.25, 0.3) is 0 Å². The van der Waals surface area contributed by atoms with Crippen molar-refractivity contribution in [3.8, 4) is 0 Å². The molecule has 1 aliphatic heterocycles. The average molecular weight is 338 g/mol. The van der Waals surface area contributed by atoms with Crippen LogP contribution < -0.4 is 9.80 Å². The zero-order valence-corrected chi connectivity index (χ0v) is 14.6. The number of amides is 2. The minimum Gasteiger partial charge on any atom is -0.469 e. The standard InChI is InChI=1S/C20H22N2O3/c1-15-3-8-17(9-4-15)21-13-14-22(20(21)24)18-10-5-16(6-11-18)7-12-19(23)25-2/h3-6,8-11H,7,12-14H2,1-2H3. The molecule has 0 aromatic heterocycles. The van der Waals surface area contributed by atoms with Gasteiger partial charge >= 0.3 is 12.0 Å². The first kappa shape index (κ1) is 17.0. The van der Waals surface area contributed by atoms with Crippen molar-refractivity contribution in [1.82, 2.24) is 0 Å². The normalized spacial score (nSPS) is 14.1. The van der Waals surface area contributed by atoms with E-state index in [0.717, 1.165) is 16.9 Å². The predicted molar refractivity (Wildman–Crippen MR) is 98.0 cm³/mol. The number of carbonyl (C=O) groups excluding carboxylic acids is 2. The van der Waals surface area contributed by atoms with Gasteiger partial charge in [0.1, 0.15) is 0 Å². The smallest absolute Gasteiger partial charge is 0.329 e. The Bertz CT molecular complexity index is 754. The van der Waals surface area contributed by atoms with E-state index in [0.29, 0.717) is 25.9 Å². The van der Waals surface area contributed by atoms with Gasteiger partial charge in [0.25, 0.3) is 0 Å². The van der Waals surface area contributed by atoms with Crippen LogP contribution >= 0.6 is 0 Å². The number of esters is 1. The van der Waals surface area contributed by atoms with Gasteiger partial charge in [0.2, 0.25) is 0 Å². The number of hydrogen-bond donors (Lipinski definition) is 0. The molecule has 25 heavy (non-hydrogen) atoms. The molecule has 2 aromatic rings. The SMILES string of the molecule is COC(=O)CCc1ccc(N2CCN(c3ccc(C)cc3)C2=O)cc1. The molecule has 2 amide bonds. The van der Waals surface area contributed by atoms with Crippen molar-refractivity contribution in [3.05, 3.63) is 59.7 Å². The monoisotopic (exact) mass is 338 g/mol. The number of nitrogens with zero attached hydrogens (tertiary/aromatic N) is 2. The van der Waals surface area contributed by atoms with Crippen molar-refractivity contribution in [1.29, 1.82) is 0 Å². The van der Waals surface area contributed by atoms with E-state index in [1.54, 1.807) is 9.80 Å². The lowest BCUT2D eigenvalue weighted by molar-refractivity contribution is -0.140. The Kier molecular flexibility index (Phi) is 5.03. The Morgan fingerprint density at radius 1 is 0.960 bits per heavy atom. The molecule has 0 N–H and O–H groups in total. The Labute approximate surface area is 147 Å². The van der Waals surface area contributed by atoms with Crippen molar-refractivity contribution >= 4 is 23.4 Å². The van der Waals surface area contributed by atoms with Crippen LogP contribution in [-0.2, 0) is 16.0 Å². The molecule has 0 spiro atoms. The molecule has 1 heterocycles. The van der Waals surface area contributed by atoms with E-state index < -0.39 is 0 Å². The number of benzene rings is 2. The van der Waals surface area contributed by atoms with Crippen molar-refractivity contribution in [2.75, 3.05) is 30.0 Å². The summed E-state index contributed by atoms with van der Waals surface area (Å²) < 4.78 is 4.65. The zero-order chi connectivity index (χ0) is 17.8. The summed E-state index contributed by atoms with van der Waals surface area (Å²) in [5.41, 5.74) is 4.03. The molecule has 2 aromatic carbocycles. The number of carbonyl (C=O) groups is 2. The van der Waals surface area contributed by atoms with Crippen molar-refractivity contribution in [2.24, 2.45) is 0 Å². The second-order valence-electron chi connectivity index (χ2n) is 6.16. The maximum absolute atomic E-state index is 12.7. The number of ether oxygens (including phenoxy) is 1. The molecule has 0 unspecified atom stereocenters. The fourth-order valence-corrected chi connectivity index (χ4v) is 2.93. The second kappa shape index (κ2) is 7.38. The Morgan fingerprint density at radius 2 is 1.48 bits per heavy atom. The summed E-state index contributed by atoms with van der Waals surface area (Å²) in [6.07, 6.45) is 0.996. The van der Waals surface area contributed by atoms with Gasteiger partial charge in [0.15, 0.2) is 0 Å². The second-order valence-corrected chi connectivity index (χ2v) is 6.16. The van der Waals surface area contributed by atoms with Gasteiger partial charge in [0.05, 0.1) is 7.11 Å². The lowest BCUT2D eigenvalue weighted by Crippen LogP contribution is -2.31. The van der Waals surface area contributed by atoms with Gasteiger partial charge in [-0.3, -0.25) is 14.6 Å². The van der Waals surface area contributed by atoms with Gasteiger partial charge in [-0.05, 0) is 43.2 Å². The van der Waals surface area contributed by atoms with Gasteiger partial charge in [-0.1, -0.05) is 29.8 Å². The molecule has 0 atom stereocenters. The van der Waals surface area contributed by atoms with E-state index in [1.807, 2.05) is 55.5 Å². The van der Waals surface area contributed by atoms with E-state index in [1.165, 1.54) is 12.7 Å². The quantitative estimate of drug-likeness (QED) is 0.784. The van der Waals surface area contributed by atoms with Crippen molar-refractivity contribution < 1.29 is 14.3 Å². The van der Waals surface area contributed by atoms with Crippen LogP contribution in [0.15, 0.2) is 48.5 Å². The van der Waals surface area contributed by atoms with E-state index in [9.17, 15) is 9.59 Å². The van der Waals surface area contributed by atoms with Gasteiger partial charge in [-0.15, -0.1) is 0 Å². The first-order valence-electron chi connectivity index (χ1n) is 8.40. The van der Waals surface area contributed by atoms with Gasteiger partial charge < -0.3 is 4.74 Å². The van der Waals surface area contributed by atoms with Crippen LogP contribution in [-0.4, -0.2) is 32.2 Å². The molecule has 5 heteroatoms. The fourth-order valence-electron chi connectivity index (χ4n) is 2.93. The Balaban J connectivity index is 1.67. The van der Waals surface area contributed by atoms with E-state index in [-0.39, 0.29) is 12.0 Å². The van der Waals surface area contributed by atoms with E-state index in [2.05, 4.69) is 4.74 Å². The highest BCUT2D eigenvalue weighted by Gasteiger charge is 2.30. The predicted octanol–water partition coefficient (Wildman–Crippen LogP) is 3.55. The van der Waals surface area contributed by atoms with E-state index in [4.69, 9.17) is 0 Å². The summed E-state index contributed by atoms with van der Waals surface area (Å²) in [5, 5.41) is 0. The third kappa shape index (κ3) is 3.82. The highest BCUT2D eigenvalue weighted by atomic mass is 16.5. The van der Waals surface area contributed by atoms with Crippen LogP contribution in [0.5, 0.6) is 0 Å². The highest BCUT2D eigenvalue weighted by molar-refractivity contribution is 6.06. The van der Waals surface area contributed by atoms with Crippen LogP contribution in [0, 0.1) is 6.92 Å². The zero-order valence-electron chi connectivity index (χ0n) is 14.6. The summed E-state index contributed by atoms with van der Waals surface area (Å²) in [6.45, 7) is 3.36. The van der Waals surface area contributed by atoms with Crippen LogP contribution in [0.1, 0.15) is 17.5 Å². The van der Waals surface area contributed by atoms with Gasteiger partial charge in [-0.25, -0.2) is 4.79 Å². The lowest BCUT2D eigenvalue weighted by atomic mass is 10.1. The summed E-state index contributed by atoms with van der Waals surface area (Å²) >= 11 is 0. The number of hydrogen-bond acceptors (Lipinski definition) is 3. The maximum Gasteiger partial charge on any atom is 0.329 e. The molecular weight excluding hydrogens is 316 g/mol. The summed E-state index contributed by atoms with van der Waals surface area (Å²) in [5.74, 6) is -0.215. The molecule has 3 rings (SSSR count). The molecule has 0 saturated carbocycles. The minimum absolute atomic E-state index is 0.00818. The number of anilines is 2. The lowest BCUT2D eigenvalue weighted by Gasteiger charge is -2.19. The Hall–Kier alpha value is -2.82. The third-order valence-corrected chi connectivity index (χ3v) is 4.45. The molecule has 0 bridgehead atoms. The molecule has 0 aliphatic carbocycles. The first-order valence-corrected chi connectivity index (χ1v) is 8.40. The van der Waals surface area contributed by atoms with Crippen LogP contribution in [0.3, 0.4) is 0 Å². The number of methoxy groups -OCH3 is 1. The fraction of sp³-hybridized carbons (Fsp3) is 0.300. The topological polar surface area (TPSA) is 49.9 Å². The van der Waals surface area contributed by atoms with Crippen LogP contribution in [0.2, 0.25) is 0 Å². The maximum atomic E-state index is 12.7. The summed E-state index contributed by atoms with van der Waals surface area (Å²) in [7, 11) is 1.39. The third-order valence-electron chi connectivity index (χ3n) is 4.45. The number of urea groups is 1. The van der Waals surface area contributed by atoms with E-state index >= 15 is 0 Å². The molecule has 5 nitrogen and oxygen atoms in total. The molecule has 1 saturated heterocycles. The molecular formula is C20H22N2O3. The van der Waals surface area contributed by atoms with Gasteiger partial charge in [-0.2, -0.15) is 0 Å². The summed E-state index contributed by atoms with van der Waals surface area (Å²) in [6, 6.07) is 15.8. The van der Waals surface area contributed by atoms with Crippen molar-refractivity contribution in [3.63, 3.8) is 0 Å². The molecule has 1 aliphatic rings. The minimum atomic E-state index is -0.215. The highest BCUT2D eigenvalue weighted by Crippen LogP contribution is 2.25. The first-order chi connectivity index (χ1) is 12.1. The van der Waals surface area contributed by atoms with Gasteiger partial charge in [0, 0.05) is 30.9 Å². The molecule has 1 fully saturated rings. The Morgan fingerprint density at radius 3 is 2.00 bits per heavy atom. The number of aryl methyl sites for hydroxylation is 2. The molecule has 0 radical (unpaired) electrons. The molecule has 130 valence electrons. The largest absolute Gasteiger partial charge is 0.469 e. The number of rotatable bonds is 5.